The van der Waals surface area contributed by atoms with E-state index in [1.54, 1.807) is 33.2 Å². The van der Waals surface area contributed by atoms with Crippen LogP contribution < -0.4 is 10.6 Å². The molecule has 0 saturated heterocycles. The molecule has 0 bridgehead atoms. The van der Waals surface area contributed by atoms with E-state index in [0.717, 1.165) is 10.8 Å². The standard InChI is InChI=1S/C22H28N4O3/c1-14(2)10-18(26-21(28)29-22(3,4)5)20(27)25-19(11-23)17-13-24-12-15-8-6-7-9-16(15)17/h6-9,12-14,18-19H,10H2,1-5H3,(H,25,27)(H,26,28)/t18-,19?/m0/s1. The first kappa shape index (κ1) is 22.2. The van der Waals surface area contributed by atoms with Crippen molar-refractivity contribution in [3.63, 3.8) is 0 Å². The van der Waals surface area contributed by atoms with Gasteiger partial charge in [-0.2, -0.15) is 5.26 Å². The number of benzene rings is 1. The third kappa shape index (κ3) is 6.46. The third-order valence-corrected chi connectivity index (χ3v) is 4.14. The van der Waals surface area contributed by atoms with Crippen LogP contribution in [0.1, 0.15) is 52.6 Å². The molecule has 0 radical (unpaired) electrons. The van der Waals surface area contributed by atoms with E-state index in [9.17, 15) is 14.9 Å². The number of nitrogens with zero attached hydrogens (tertiary/aromatic N) is 2. The molecule has 2 amide bonds. The first-order valence-electron chi connectivity index (χ1n) is 9.63. The topological polar surface area (TPSA) is 104 Å². The van der Waals surface area contributed by atoms with Gasteiger partial charge in [-0.25, -0.2) is 4.79 Å². The van der Waals surface area contributed by atoms with E-state index < -0.39 is 29.7 Å². The minimum Gasteiger partial charge on any atom is -0.444 e. The lowest BCUT2D eigenvalue weighted by molar-refractivity contribution is -0.124. The normalized spacial score (nSPS) is 13.4. The van der Waals surface area contributed by atoms with Crippen LogP contribution >= 0.6 is 0 Å². The van der Waals surface area contributed by atoms with Gasteiger partial charge in [-0.1, -0.05) is 38.1 Å². The Morgan fingerprint density at radius 1 is 1.17 bits per heavy atom. The molecular weight excluding hydrogens is 368 g/mol. The van der Waals surface area contributed by atoms with E-state index in [-0.39, 0.29) is 5.92 Å². The van der Waals surface area contributed by atoms with Gasteiger partial charge in [-0.3, -0.25) is 9.78 Å². The molecule has 1 unspecified atom stereocenters. The lowest BCUT2D eigenvalue weighted by atomic mass is 10.0. The summed E-state index contributed by atoms with van der Waals surface area (Å²) in [6, 6.07) is 7.95. The molecule has 154 valence electrons. The van der Waals surface area contributed by atoms with Gasteiger partial charge in [0.25, 0.3) is 0 Å². The molecule has 2 atom stereocenters. The molecular formula is C22H28N4O3. The number of aromatic nitrogens is 1. The van der Waals surface area contributed by atoms with E-state index in [0.29, 0.717) is 12.0 Å². The third-order valence-electron chi connectivity index (χ3n) is 4.14. The van der Waals surface area contributed by atoms with Crippen molar-refractivity contribution < 1.29 is 14.3 Å². The lowest BCUT2D eigenvalue weighted by Gasteiger charge is -2.25. The van der Waals surface area contributed by atoms with Crippen LogP contribution in [0.2, 0.25) is 0 Å². The minimum absolute atomic E-state index is 0.153. The highest BCUT2D eigenvalue weighted by Crippen LogP contribution is 2.23. The summed E-state index contributed by atoms with van der Waals surface area (Å²) >= 11 is 0. The second-order valence-electron chi connectivity index (χ2n) is 8.35. The number of pyridine rings is 1. The van der Waals surface area contributed by atoms with E-state index in [4.69, 9.17) is 4.74 Å². The predicted molar refractivity (Wildman–Crippen MR) is 111 cm³/mol. The van der Waals surface area contributed by atoms with Gasteiger partial charge in [0.1, 0.15) is 17.7 Å². The van der Waals surface area contributed by atoms with Crippen LogP contribution in [0.15, 0.2) is 36.7 Å². The highest BCUT2D eigenvalue weighted by atomic mass is 16.6. The van der Waals surface area contributed by atoms with E-state index >= 15 is 0 Å². The highest BCUT2D eigenvalue weighted by molar-refractivity contribution is 5.88. The fourth-order valence-corrected chi connectivity index (χ4v) is 2.95. The maximum atomic E-state index is 12.9. The first-order chi connectivity index (χ1) is 13.6. The predicted octanol–water partition coefficient (Wildman–Crippen LogP) is 3.86. The Bertz CT molecular complexity index is 907. The van der Waals surface area contributed by atoms with Gasteiger partial charge in [0, 0.05) is 23.3 Å². The van der Waals surface area contributed by atoms with E-state index in [2.05, 4.69) is 21.7 Å². The smallest absolute Gasteiger partial charge is 0.408 e. The van der Waals surface area contributed by atoms with Crippen molar-refractivity contribution in [2.75, 3.05) is 0 Å². The monoisotopic (exact) mass is 396 g/mol. The number of nitrogens with one attached hydrogen (secondary N) is 2. The number of hydrogen-bond acceptors (Lipinski definition) is 5. The Morgan fingerprint density at radius 3 is 2.48 bits per heavy atom. The molecule has 29 heavy (non-hydrogen) atoms. The quantitative estimate of drug-likeness (QED) is 0.772. The van der Waals surface area contributed by atoms with Gasteiger partial charge in [0.15, 0.2) is 0 Å². The number of carbonyl (C=O) groups is 2. The Labute approximate surface area is 171 Å². The average molecular weight is 396 g/mol. The molecule has 0 fully saturated rings. The molecule has 2 rings (SSSR count). The Hall–Kier alpha value is -3.14. The van der Waals surface area contributed by atoms with Crippen LogP contribution in [0.5, 0.6) is 0 Å². The number of amides is 2. The molecule has 0 spiro atoms. The van der Waals surface area contributed by atoms with Crippen molar-refractivity contribution in [2.45, 2.75) is 58.7 Å². The lowest BCUT2D eigenvalue weighted by Crippen LogP contribution is -2.49. The highest BCUT2D eigenvalue weighted by Gasteiger charge is 2.27. The minimum atomic E-state index is -0.892. The molecule has 7 heteroatoms. The zero-order valence-corrected chi connectivity index (χ0v) is 17.5. The zero-order chi connectivity index (χ0) is 21.6. The SMILES string of the molecule is CC(C)C[C@H](NC(=O)OC(C)(C)C)C(=O)NC(C#N)c1cncc2ccccc12. The number of ether oxygens (including phenoxy) is 1. The van der Waals surface area contributed by atoms with Crippen molar-refractivity contribution in [3.05, 3.63) is 42.2 Å². The summed E-state index contributed by atoms with van der Waals surface area (Å²) in [6.07, 6.45) is 3.03. The second-order valence-corrected chi connectivity index (χ2v) is 8.35. The zero-order valence-electron chi connectivity index (χ0n) is 17.5. The molecule has 1 aromatic carbocycles. The fourth-order valence-electron chi connectivity index (χ4n) is 2.95. The van der Waals surface area contributed by atoms with Crippen LogP contribution in [0, 0.1) is 17.2 Å². The maximum absolute atomic E-state index is 12.9. The fraction of sp³-hybridized carbons (Fsp3) is 0.455. The van der Waals surface area contributed by atoms with Crippen LogP contribution in [-0.2, 0) is 9.53 Å². The molecule has 0 aliphatic carbocycles. The van der Waals surface area contributed by atoms with Crippen LogP contribution in [0.25, 0.3) is 10.8 Å². The number of rotatable bonds is 6. The average Bonchev–Trinajstić information content (AvgIpc) is 2.63. The number of nitriles is 1. The summed E-state index contributed by atoms with van der Waals surface area (Å²) in [6.45, 7) is 9.16. The Morgan fingerprint density at radius 2 is 1.86 bits per heavy atom. The Kier molecular flexibility index (Phi) is 7.16. The molecule has 1 heterocycles. The molecule has 2 N–H and O–H groups in total. The summed E-state index contributed by atoms with van der Waals surface area (Å²) in [5.41, 5.74) is -0.0632. The Balaban J connectivity index is 2.21. The van der Waals surface area contributed by atoms with E-state index in [1.165, 1.54) is 0 Å². The van der Waals surface area contributed by atoms with Gasteiger partial charge in [-0.05, 0) is 38.5 Å². The molecule has 1 aromatic heterocycles. The second kappa shape index (κ2) is 9.37. The van der Waals surface area contributed by atoms with Gasteiger partial charge >= 0.3 is 6.09 Å². The molecule has 0 aliphatic heterocycles. The van der Waals surface area contributed by atoms with Crippen LogP contribution in [0.4, 0.5) is 4.79 Å². The molecule has 2 aromatic rings. The summed E-state index contributed by atoms with van der Waals surface area (Å²) < 4.78 is 5.27. The molecule has 0 aliphatic rings. The first-order valence-corrected chi connectivity index (χ1v) is 9.63. The van der Waals surface area contributed by atoms with Crippen LogP contribution in [0.3, 0.4) is 0 Å². The maximum Gasteiger partial charge on any atom is 0.408 e. The number of carbonyl (C=O) groups excluding carboxylic acids is 2. The van der Waals surface area contributed by atoms with Crippen molar-refractivity contribution >= 4 is 22.8 Å². The van der Waals surface area contributed by atoms with Crippen molar-refractivity contribution in [3.8, 4) is 6.07 Å². The van der Waals surface area contributed by atoms with Crippen molar-refractivity contribution in [1.82, 2.24) is 15.6 Å². The number of hydrogen-bond donors (Lipinski definition) is 2. The molecule has 0 saturated carbocycles. The van der Waals surface area contributed by atoms with Gasteiger partial charge in [-0.15, -0.1) is 0 Å². The van der Waals surface area contributed by atoms with E-state index in [1.807, 2.05) is 38.1 Å². The van der Waals surface area contributed by atoms with Gasteiger partial charge in [0.05, 0.1) is 6.07 Å². The largest absolute Gasteiger partial charge is 0.444 e. The number of fused-ring (bicyclic) bond motifs is 1. The molecule has 7 nitrogen and oxygen atoms in total. The number of alkyl carbamates (subject to hydrolysis) is 1. The van der Waals surface area contributed by atoms with Gasteiger partial charge in [0.2, 0.25) is 5.91 Å². The van der Waals surface area contributed by atoms with Crippen molar-refractivity contribution in [1.29, 1.82) is 5.26 Å². The summed E-state index contributed by atoms with van der Waals surface area (Å²) in [4.78, 5) is 29.3. The van der Waals surface area contributed by atoms with Crippen LogP contribution in [-0.4, -0.2) is 28.6 Å². The van der Waals surface area contributed by atoms with Gasteiger partial charge < -0.3 is 15.4 Å². The summed E-state index contributed by atoms with van der Waals surface area (Å²) in [5, 5.41) is 16.8. The van der Waals surface area contributed by atoms with Crippen molar-refractivity contribution in [2.24, 2.45) is 5.92 Å². The summed E-state index contributed by atoms with van der Waals surface area (Å²) in [7, 11) is 0. The summed E-state index contributed by atoms with van der Waals surface area (Å²) in [5.74, 6) is -0.288.